The van der Waals surface area contributed by atoms with Gasteiger partial charge in [0.2, 0.25) is 0 Å². The van der Waals surface area contributed by atoms with Crippen LogP contribution in [0.15, 0.2) is 48.5 Å². The molecule has 2 unspecified atom stereocenters. The minimum absolute atomic E-state index is 0.482. The summed E-state index contributed by atoms with van der Waals surface area (Å²) in [5, 5.41) is 20.1. The number of aliphatic hydroxyl groups is 2. The fraction of sp³-hybridized carbons (Fsp3) is 0.462. The van der Waals surface area contributed by atoms with Crippen molar-refractivity contribution >= 4 is 22.1 Å². The van der Waals surface area contributed by atoms with E-state index in [4.69, 9.17) is 14.2 Å². The normalized spacial score (nSPS) is 13.6. The predicted molar refractivity (Wildman–Crippen MR) is 133 cm³/mol. The number of ether oxygens (including phenoxy) is 3. The average molecular weight is 483 g/mol. The summed E-state index contributed by atoms with van der Waals surface area (Å²) in [6.45, 7) is 7.60. The quantitative estimate of drug-likeness (QED) is 0.266. The Bertz CT molecular complexity index is 1120. The highest BCUT2D eigenvalue weighted by Gasteiger charge is 2.15. The predicted octanol–water partition coefficient (Wildman–Crippen LogP) is 3.24. The topological polar surface area (TPSA) is 104 Å². The zero-order valence-corrected chi connectivity index (χ0v) is 20.3. The Hall–Kier alpha value is -2.82. The van der Waals surface area contributed by atoms with Crippen LogP contribution >= 0.6 is 0 Å². The van der Waals surface area contributed by atoms with E-state index in [-0.39, 0.29) is 0 Å². The van der Waals surface area contributed by atoms with Gasteiger partial charge in [-0.25, -0.2) is 9.97 Å². The van der Waals surface area contributed by atoms with Crippen molar-refractivity contribution in [3.8, 4) is 0 Å². The molecule has 9 nitrogen and oxygen atoms in total. The van der Waals surface area contributed by atoms with Gasteiger partial charge in [0.15, 0.2) is 0 Å². The van der Waals surface area contributed by atoms with Crippen LogP contribution in [0.4, 0.5) is 0 Å². The molecule has 0 bridgehead atoms. The Kier molecular flexibility index (Phi) is 8.84. The average Bonchev–Trinajstić information content (AvgIpc) is 3.41. The maximum Gasteiger partial charge on any atom is 0.138 e. The molecule has 0 radical (unpaired) electrons. The highest BCUT2D eigenvalue weighted by Crippen LogP contribution is 2.21. The van der Waals surface area contributed by atoms with Gasteiger partial charge in [0.05, 0.1) is 61.7 Å². The highest BCUT2D eigenvalue weighted by atomic mass is 16.5. The van der Waals surface area contributed by atoms with Gasteiger partial charge in [-0.1, -0.05) is 24.3 Å². The van der Waals surface area contributed by atoms with E-state index in [0.717, 1.165) is 22.1 Å². The Labute approximate surface area is 204 Å². The van der Waals surface area contributed by atoms with E-state index in [1.165, 1.54) is 0 Å². The molecule has 2 atom stereocenters. The first-order chi connectivity index (χ1) is 17.1. The molecular formula is C26H34N4O5. The van der Waals surface area contributed by atoms with Gasteiger partial charge in [0.25, 0.3) is 0 Å². The summed E-state index contributed by atoms with van der Waals surface area (Å²) in [6.07, 6.45) is -1.28. The SMILES string of the molecule is CC(O)c1nc2ccccc2n1CCOCCOCCOCCn1c(C(C)O)nc2ccccc21. The van der Waals surface area contributed by atoms with E-state index in [9.17, 15) is 10.2 Å². The molecule has 2 aromatic carbocycles. The summed E-state index contributed by atoms with van der Waals surface area (Å²) in [5.74, 6) is 1.29. The second-order valence-electron chi connectivity index (χ2n) is 8.41. The molecule has 2 N–H and O–H groups in total. The number of hydrogen-bond acceptors (Lipinski definition) is 7. The van der Waals surface area contributed by atoms with E-state index < -0.39 is 12.2 Å². The first-order valence-corrected chi connectivity index (χ1v) is 12.1. The van der Waals surface area contributed by atoms with Crippen molar-refractivity contribution in [1.29, 1.82) is 0 Å². The second-order valence-corrected chi connectivity index (χ2v) is 8.41. The van der Waals surface area contributed by atoms with Crippen LogP contribution in [0.25, 0.3) is 22.1 Å². The molecule has 2 heterocycles. The third-order valence-corrected chi connectivity index (χ3v) is 5.78. The number of aliphatic hydroxyl groups excluding tert-OH is 2. The summed E-state index contributed by atoms with van der Waals surface area (Å²) in [6, 6.07) is 15.7. The van der Waals surface area contributed by atoms with Crippen molar-refractivity contribution in [3.05, 3.63) is 60.2 Å². The molecule has 0 fully saturated rings. The van der Waals surface area contributed by atoms with Crippen LogP contribution in [-0.2, 0) is 27.3 Å². The standard InChI is InChI=1S/C26H34N4O5/c1-19(31)25-27-21-7-3-5-9-23(21)29(25)11-13-33-15-17-35-18-16-34-14-12-30-24-10-6-4-8-22(24)28-26(30)20(2)32/h3-10,19-20,31-32H,11-18H2,1-2H3. The summed E-state index contributed by atoms with van der Waals surface area (Å²) in [5.41, 5.74) is 3.72. The molecule has 0 aliphatic carbocycles. The maximum absolute atomic E-state index is 10.0. The molecule has 0 spiro atoms. The van der Waals surface area contributed by atoms with E-state index in [2.05, 4.69) is 9.97 Å². The van der Waals surface area contributed by atoms with Gasteiger partial charge in [0.1, 0.15) is 23.9 Å². The smallest absolute Gasteiger partial charge is 0.138 e. The van der Waals surface area contributed by atoms with Crippen LogP contribution in [0.5, 0.6) is 0 Å². The molecule has 0 aliphatic heterocycles. The number of fused-ring (bicyclic) bond motifs is 2. The Balaban J connectivity index is 1.11. The molecule has 4 aromatic rings. The molecule has 0 amide bonds. The summed E-state index contributed by atoms with van der Waals surface area (Å²) in [4.78, 5) is 9.04. The van der Waals surface area contributed by atoms with Crippen molar-refractivity contribution in [2.45, 2.75) is 39.1 Å². The van der Waals surface area contributed by atoms with E-state index in [1.807, 2.05) is 57.7 Å². The Morgan fingerprint density at radius 2 is 1.00 bits per heavy atom. The van der Waals surface area contributed by atoms with Crippen LogP contribution in [-0.4, -0.2) is 69.0 Å². The van der Waals surface area contributed by atoms with Crippen LogP contribution < -0.4 is 0 Å². The van der Waals surface area contributed by atoms with Crippen molar-refractivity contribution in [1.82, 2.24) is 19.1 Å². The Morgan fingerprint density at radius 1 is 0.629 bits per heavy atom. The molecule has 2 aromatic heterocycles. The lowest BCUT2D eigenvalue weighted by molar-refractivity contribution is 0.0115. The van der Waals surface area contributed by atoms with Gasteiger partial charge in [-0.05, 0) is 38.1 Å². The maximum atomic E-state index is 10.0. The lowest BCUT2D eigenvalue weighted by Crippen LogP contribution is -2.15. The molecule has 0 saturated heterocycles. The lowest BCUT2D eigenvalue weighted by Gasteiger charge is -2.12. The van der Waals surface area contributed by atoms with Crippen molar-refractivity contribution in [2.24, 2.45) is 0 Å². The van der Waals surface area contributed by atoms with Crippen LogP contribution in [0.3, 0.4) is 0 Å². The van der Waals surface area contributed by atoms with Gasteiger partial charge in [-0.15, -0.1) is 0 Å². The van der Waals surface area contributed by atoms with Crippen LogP contribution in [0.2, 0.25) is 0 Å². The number of imidazole rings is 2. The van der Waals surface area contributed by atoms with Crippen LogP contribution in [0.1, 0.15) is 37.7 Å². The number of aromatic nitrogens is 4. The van der Waals surface area contributed by atoms with Gasteiger partial charge in [-0.2, -0.15) is 0 Å². The minimum Gasteiger partial charge on any atom is -0.385 e. The summed E-state index contributed by atoms with van der Waals surface area (Å²) < 4.78 is 21.0. The number of nitrogens with zero attached hydrogens (tertiary/aromatic N) is 4. The fourth-order valence-corrected chi connectivity index (χ4v) is 4.15. The van der Waals surface area contributed by atoms with Crippen LogP contribution in [0, 0.1) is 0 Å². The van der Waals surface area contributed by atoms with Gasteiger partial charge >= 0.3 is 0 Å². The number of para-hydroxylation sites is 4. The summed E-state index contributed by atoms with van der Waals surface area (Å²) in [7, 11) is 0. The molecule has 35 heavy (non-hydrogen) atoms. The number of benzene rings is 2. The first-order valence-electron chi connectivity index (χ1n) is 12.1. The molecule has 4 rings (SSSR count). The molecule has 0 aliphatic rings. The summed E-state index contributed by atoms with van der Waals surface area (Å²) >= 11 is 0. The molecule has 0 saturated carbocycles. The zero-order valence-electron chi connectivity index (χ0n) is 20.3. The van der Waals surface area contributed by atoms with Crippen molar-refractivity contribution < 1.29 is 24.4 Å². The van der Waals surface area contributed by atoms with Gasteiger partial charge in [-0.3, -0.25) is 0 Å². The number of rotatable bonds is 14. The van der Waals surface area contributed by atoms with Crippen molar-refractivity contribution in [3.63, 3.8) is 0 Å². The zero-order chi connectivity index (χ0) is 24.6. The minimum atomic E-state index is -0.642. The first kappa shape index (κ1) is 25.3. The second kappa shape index (κ2) is 12.2. The largest absolute Gasteiger partial charge is 0.385 e. The van der Waals surface area contributed by atoms with Crippen molar-refractivity contribution in [2.75, 3.05) is 39.6 Å². The Morgan fingerprint density at radius 3 is 1.40 bits per heavy atom. The van der Waals surface area contributed by atoms with E-state index >= 15 is 0 Å². The molecule has 9 heteroatoms. The monoisotopic (exact) mass is 482 g/mol. The van der Waals surface area contributed by atoms with Gasteiger partial charge in [0, 0.05) is 13.1 Å². The molecule has 188 valence electrons. The molecular weight excluding hydrogens is 448 g/mol. The van der Waals surface area contributed by atoms with Gasteiger partial charge < -0.3 is 33.6 Å². The lowest BCUT2D eigenvalue weighted by atomic mass is 10.3. The van der Waals surface area contributed by atoms with E-state index in [0.29, 0.717) is 64.4 Å². The number of hydrogen-bond donors (Lipinski definition) is 2. The highest BCUT2D eigenvalue weighted by molar-refractivity contribution is 5.76. The third kappa shape index (κ3) is 6.25. The third-order valence-electron chi connectivity index (χ3n) is 5.78. The van der Waals surface area contributed by atoms with E-state index in [1.54, 1.807) is 13.8 Å². The fourth-order valence-electron chi connectivity index (χ4n) is 4.15.